The molecule has 1 unspecified atom stereocenters. The van der Waals surface area contributed by atoms with Gasteiger partial charge in [-0.2, -0.15) is 0 Å². The normalized spacial score (nSPS) is 12.6. The quantitative estimate of drug-likeness (QED) is 0.531. The third kappa shape index (κ3) is 4.69. The number of rotatable bonds is 6. The molecule has 2 heterocycles. The Bertz CT molecular complexity index is 809. The summed E-state index contributed by atoms with van der Waals surface area (Å²) in [7, 11) is 0. The summed E-state index contributed by atoms with van der Waals surface area (Å²) in [5.74, 6) is 1.64. The first-order valence-electron chi connectivity index (χ1n) is 8.79. The van der Waals surface area contributed by atoms with Gasteiger partial charge in [-0.25, -0.2) is 15.0 Å². The molecular weight excluding hydrogens is 324 g/mol. The number of guanidine groups is 1. The summed E-state index contributed by atoms with van der Waals surface area (Å²) in [5.41, 5.74) is 2.28. The Balaban J connectivity index is 1.65. The van der Waals surface area contributed by atoms with Crippen LogP contribution < -0.4 is 10.6 Å². The van der Waals surface area contributed by atoms with Crippen molar-refractivity contribution >= 4 is 5.96 Å². The summed E-state index contributed by atoms with van der Waals surface area (Å²) in [4.78, 5) is 13.2. The van der Waals surface area contributed by atoms with Crippen molar-refractivity contribution in [2.45, 2.75) is 26.4 Å². The molecule has 0 amide bonds. The predicted molar refractivity (Wildman–Crippen MR) is 104 cm³/mol. The van der Waals surface area contributed by atoms with E-state index in [4.69, 9.17) is 0 Å². The van der Waals surface area contributed by atoms with E-state index in [9.17, 15) is 0 Å². The Hall–Kier alpha value is -3.15. The monoisotopic (exact) mass is 348 g/mol. The summed E-state index contributed by atoms with van der Waals surface area (Å²) in [6.45, 7) is 5.56. The van der Waals surface area contributed by atoms with Crippen molar-refractivity contribution in [2.75, 3.05) is 6.54 Å². The molecule has 3 rings (SSSR count). The van der Waals surface area contributed by atoms with E-state index in [1.165, 1.54) is 5.56 Å². The number of nitrogens with zero attached hydrogens (tertiary/aromatic N) is 4. The van der Waals surface area contributed by atoms with Crippen molar-refractivity contribution in [3.8, 4) is 5.82 Å². The van der Waals surface area contributed by atoms with Gasteiger partial charge in [0.1, 0.15) is 12.1 Å². The molecule has 0 saturated carbocycles. The lowest BCUT2D eigenvalue weighted by Crippen LogP contribution is -2.38. The van der Waals surface area contributed by atoms with Gasteiger partial charge in [-0.1, -0.05) is 36.4 Å². The zero-order valence-corrected chi connectivity index (χ0v) is 15.1. The van der Waals surface area contributed by atoms with Gasteiger partial charge in [0.25, 0.3) is 0 Å². The molecule has 134 valence electrons. The number of pyridine rings is 1. The molecule has 1 aromatic carbocycles. The lowest BCUT2D eigenvalue weighted by Gasteiger charge is -2.18. The minimum absolute atomic E-state index is 0.177. The van der Waals surface area contributed by atoms with Crippen LogP contribution in [0.1, 0.15) is 31.0 Å². The summed E-state index contributed by atoms with van der Waals surface area (Å²) < 4.78 is 1.88. The zero-order valence-electron chi connectivity index (χ0n) is 15.1. The van der Waals surface area contributed by atoms with Gasteiger partial charge in [-0.15, -0.1) is 0 Å². The average Bonchev–Trinajstić information content (AvgIpc) is 3.22. The highest BCUT2D eigenvalue weighted by Crippen LogP contribution is 2.11. The van der Waals surface area contributed by atoms with Crippen molar-refractivity contribution in [2.24, 2.45) is 4.99 Å². The molecule has 0 fully saturated rings. The van der Waals surface area contributed by atoms with E-state index in [1.54, 1.807) is 12.5 Å². The molecule has 1 atom stereocenters. The maximum atomic E-state index is 4.68. The molecule has 2 aromatic heterocycles. The second-order valence-corrected chi connectivity index (χ2v) is 5.97. The van der Waals surface area contributed by atoms with E-state index >= 15 is 0 Å². The Morgan fingerprint density at radius 1 is 1.19 bits per heavy atom. The fourth-order valence-electron chi connectivity index (χ4n) is 2.58. The highest BCUT2D eigenvalue weighted by molar-refractivity contribution is 5.80. The number of hydrogen-bond acceptors (Lipinski definition) is 3. The van der Waals surface area contributed by atoms with E-state index in [1.807, 2.05) is 47.3 Å². The van der Waals surface area contributed by atoms with Gasteiger partial charge in [0, 0.05) is 25.1 Å². The predicted octanol–water partition coefficient (Wildman–Crippen LogP) is 3.08. The second kappa shape index (κ2) is 8.80. The minimum Gasteiger partial charge on any atom is -0.357 e. The number of aliphatic imine (C=N–C) groups is 1. The smallest absolute Gasteiger partial charge is 0.192 e. The first-order chi connectivity index (χ1) is 12.8. The molecule has 0 aliphatic heterocycles. The number of hydrogen-bond donors (Lipinski definition) is 2. The van der Waals surface area contributed by atoms with Crippen LogP contribution in [0, 0.1) is 0 Å². The number of nitrogens with one attached hydrogen (secondary N) is 2. The summed E-state index contributed by atoms with van der Waals surface area (Å²) >= 11 is 0. The molecule has 6 nitrogen and oxygen atoms in total. The summed E-state index contributed by atoms with van der Waals surface area (Å²) in [6, 6.07) is 14.5. The molecule has 0 radical (unpaired) electrons. The van der Waals surface area contributed by atoms with Crippen molar-refractivity contribution in [1.82, 2.24) is 25.2 Å². The fraction of sp³-hybridized carbons (Fsp3) is 0.250. The second-order valence-electron chi connectivity index (χ2n) is 5.97. The van der Waals surface area contributed by atoms with Gasteiger partial charge in [-0.05, 0) is 31.0 Å². The van der Waals surface area contributed by atoms with Crippen LogP contribution in [-0.2, 0) is 6.54 Å². The highest BCUT2D eigenvalue weighted by Gasteiger charge is 2.07. The average molecular weight is 348 g/mol. The first-order valence-corrected chi connectivity index (χ1v) is 8.79. The van der Waals surface area contributed by atoms with Gasteiger partial charge >= 0.3 is 0 Å². The van der Waals surface area contributed by atoms with E-state index in [0.29, 0.717) is 6.54 Å². The molecule has 0 bridgehead atoms. The van der Waals surface area contributed by atoms with E-state index in [0.717, 1.165) is 23.9 Å². The molecule has 0 aliphatic carbocycles. The molecule has 0 spiro atoms. The molecule has 3 aromatic rings. The third-order valence-corrected chi connectivity index (χ3v) is 3.99. The van der Waals surface area contributed by atoms with Crippen LogP contribution in [0.2, 0.25) is 0 Å². The number of aromatic nitrogens is 3. The van der Waals surface area contributed by atoms with Crippen molar-refractivity contribution in [3.05, 3.63) is 78.5 Å². The zero-order chi connectivity index (χ0) is 18.2. The van der Waals surface area contributed by atoms with Gasteiger partial charge in [-0.3, -0.25) is 4.57 Å². The Morgan fingerprint density at radius 2 is 2.04 bits per heavy atom. The molecular formula is C20H24N6. The van der Waals surface area contributed by atoms with Crippen LogP contribution in [0.25, 0.3) is 5.82 Å². The highest BCUT2D eigenvalue weighted by atomic mass is 15.2. The van der Waals surface area contributed by atoms with Crippen LogP contribution in [0.4, 0.5) is 0 Å². The van der Waals surface area contributed by atoms with Crippen LogP contribution in [-0.4, -0.2) is 27.0 Å². The fourth-order valence-corrected chi connectivity index (χ4v) is 2.58. The van der Waals surface area contributed by atoms with Crippen LogP contribution in [0.15, 0.2) is 72.4 Å². The SMILES string of the molecule is CCNC(=NCc1ccc(-n2ccnc2)nc1)NC(C)c1ccccc1. The molecule has 2 N–H and O–H groups in total. The maximum Gasteiger partial charge on any atom is 0.192 e. The van der Waals surface area contributed by atoms with Gasteiger partial charge in [0.05, 0.1) is 12.6 Å². The van der Waals surface area contributed by atoms with Gasteiger partial charge in [0.2, 0.25) is 0 Å². The first kappa shape index (κ1) is 17.7. The topological polar surface area (TPSA) is 67.1 Å². The van der Waals surface area contributed by atoms with Crippen molar-refractivity contribution < 1.29 is 0 Å². The standard InChI is InChI=1S/C20H24N6/c1-3-22-20(25-16(2)18-7-5-4-6-8-18)24-14-17-9-10-19(23-13-17)26-12-11-21-15-26/h4-13,15-16H,3,14H2,1-2H3,(H2,22,24,25). The lowest BCUT2D eigenvalue weighted by molar-refractivity contribution is 0.686. The van der Waals surface area contributed by atoms with Gasteiger partial charge in [0.15, 0.2) is 5.96 Å². The van der Waals surface area contributed by atoms with E-state index < -0.39 is 0 Å². The molecule has 26 heavy (non-hydrogen) atoms. The maximum absolute atomic E-state index is 4.68. The summed E-state index contributed by atoms with van der Waals surface area (Å²) in [5, 5.41) is 6.74. The minimum atomic E-state index is 0.177. The molecule has 0 aliphatic rings. The Labute approximate surface area is 154 Å². The Kier molecular flexibility index (Phi) is 5.98. The lowest BCUT2D eigenvalue weighted by atomic mass is 10.1. The molecule has 6 heteroatoms. The van der Waals surface area contributed by atoms with Gasteiger partial charge < -0.3 is 10.6 Å². The summed E-state index contributed by atoms with van der Waals surface area (Å²) in [6.07, 6.45) is 7.20. The van der Waals surface area contributed by atoms with Crippen molar-refractivity contribution in [3.63, 3.8) is 0 Å². The Morgan fingerprint density at radius 3 is 2.69 bits per heavy atom. The van der Waals surface area contributed by atoms with E-state index in [2.05, 4.69) is 51.6 Å². The number of imidazole rings is 1. The van der Waals surface area contributed by atoms with Crippen LogP contribution in [0.3, 0.4) is 0 Å². The largest absolute Gasteiger partial charge is 0.357 e. The van der Waals surface area contributed by atoms with Crippen LogP contribution >= 0.6 is 0 Å². The van der Waals surface area contributed by atoms with Crippen LogP contribution in [0.5, 0.6) is 0 Å². The number of benzene rings is 1. The molecule has 0 saturated heterocycles. The van der Waals surface area contributed by atoms with E-state index in [-0.39, 0.29) is 6.04 Å². The third-order valence-electron chi connectivity index (χ3n) is 3.99. The van der Waals surface area contributed by atoms with Crippen molar-refractivity contribution in [1.29, 1.82) is 0 Å².